The lowest BCUT2D eigenvalue weighted by atomic mass is 9.90. The number of hydrogen-bond donors (Lipinski definition) is 2. The minimum absolute atomic E-state index is 0.0461. The third-order valence-electron chi connectivity index (χ3n) is 7.34. The molecule has 1 amide bonds. The summed E-state index contributed by atoms with van der Waals surface area (Å²) >= 11 is 0. The number of benzene rings is 1. The Labute approximate surface area is 213 Å². The molecule has 0 radical (unpaired) electrons. The van der Waals surface area contributed by atoms with Crippen LogP contribution in [0.5, 0.6) is 0 Å². The second kappa shape index (κ2) is 10.5. The van der Waals surface area contributed by atoms with Crippen molar-refractivity contribution in [2.24, 2.45) is 16.6 Å². The normalized spacial score (nSPS) is 25.1. The van der Waals surface area contributed by atoms with Crippen LogP contribution in [0.2, 0.25) is 0 Å². The van der Waals surface area contributed by atoms with Gasteiger partial charge in [0.15, 0.2) is 5.78 Å². The topological polar surface area (TPSA) is 100 Å². The molecule has 0 aromatic heterocycles. The van der Waals surface area contributed by atoms with Crippen LogP contribution in [-0.4, -0.2) is 47.8 Å². The van der Waals surface area contributed by atoms with Gasteiger partial charge in [0.25, 0.3) is 0 Å². The number of epoxide rings is 1. The number of anilines is 1. The quantitative estimate of drug-likeness (QED) is 0.525. The molecule has 0 saturated carbocycles. The van der Waals surface area contributed by atoms with Crippen LogP contribution in [0.1, 0.15) is 68.3 Å². The van der Waals surface area contributed by atoms with Gasteiger partial charge in [0, 0.05) is 43.6 Å². The van der Waals surface area contributed by atoms with Crippen LogP contribution in [0.4, 0.5) is 5.69 Å². The molecule has 7 heteroatoms. The highest BCUT2D eigenvalue weighted by Crippen LogP contribution is 2.38. The van der Waals surface area contributed by atoms with Crippen LogP contribution in [0, 0.1) is 5.92 Å². The molecule has 1 fully saturated rings. The van der Waals surface area contributed by atoms with Gasteiger partial charge in [0.2, 0.25) is 5.91 Å². The second-order valence-electron chi connectivity index (χ2n) is 10.2. The Balaban J connectivity index is 1.27. The SMILES string of the molecule is CCCN(CCC)C1OC1C1=CC2=C(CC(C(=O)Nc3ccc4c(c3)C(=O)CCC4)C=C2)N=C(N)C1. The molecule has 36 heavy (non-hydrogen) atoms. The Hall–Kier alpha value is -3.03. The number of Topliss-reactive ketones (excluding diaryl/α,β-unsaturated/α-hetero) is 1. The molecular formula is C29H36N4O3. The molecule has 7 nitrogen and oxygen atoms in total. The number of nitrogens with two attached hydrogens (primary N) is 1. The zero-order valence-electron chi connectivity index (χ0n) is 21.3. The van der Waals surface area contributed by atoms with Gasteiger partial charge in [-0.05, 0) is 54.5 Å². The number of nitrogens with zero attached hydrogens (tertiary/aromatic N) is 2. The lowest BCUT2D eigenvalue weighted by Crippen LogP contribution is -2.30. The molecule has 1 aromatic rings. The maximum absolute atomic E-state index is 13.1. The smallest absolute Gasteiger partial charge is 0.231 e. The fraction of sp³-hybridized carbons (Fsp3) is 0.483. The van der Waals surface area contributed by atoms with Gasteiger partial charge in [-0.15, -0.1) is 0 Å². The Morgan fingerprint density at radius 1 is 1.22 bits per heavy atom. The summed E-state index contributed by atoms with van der Waals surface area (Å²) < 4.78 is 6.09. The summed E-state index contributed by atoms with van der Waals surface area (Å²) in [6.07, 6.45) is 11.9. The van der Waals surface area contributed by atoms with Crippen molar-refractivity contribution in [3.8, 4) is 0 Å². The van der Waals surface area contributed by atoms with Crippen molar-refractivity contribution in [2.45, 2.75) is 71.1 Å². The van der Waals surface area contributed by atoms with E-state index in [1.165, 1.54) is 0 Å². The zero-order chi connectivity index (χ0) is 25.2. The number of nitrogens with one attached hydrogen (secondary N) is 1. The number of carbonyl (C=O) groups is 2. The maximum atomic E-state index is 13.1. The van der Waals surface area contributed by atoms with E-state index in [4.69, 9.17) is 10.5 Å². The highest BCUT2D eigenvalue weighted by atomic mass is 16.6. The molecule has 5 rings (SSSR count). The molecule has 1 aromatic carbocycles. The van der Waals surface area contributed by atoms with E-state index >= 15 is 0 Å². The standard InChI is InChI=1S/C29H36N4O3/c1-3-12-33(13-4-2)29-27(36-29)21-14-19-8-9-20(15-24(19)32-26(30)16-21)28(35)31-22-11-10-18-6-5-7-25(34)23(18)17-22/h8-11,14,17,20,27,29H,3-7,12-13,15-16H2,1-2H3,(H2,30,32)(H,31,35). The summed E-state index contributed by atoms with van der Waals surface area (Å²) in [5.41, 5.74) is 11.8. The molecule has 2 aliphatic heterocycles. The predicted molar refractivity (Wildman–Crippen MR) is 142 cm³/mol. The number of fused-ring (bicyclic) bond motifs is 1. The minimum atomic E-state index is -0.350. The lowest BCUT2D eigenvalue weighted by molar-refractivity contribution is -0.118. The largest absolute Gasteiger partial charge is 0.387 e. The fourth-order valence-electron chi connectivity index (χ4n) is 5.52. The van der Waals surface area contributed by atoms with E-state index < -0.39 is 0 Å². The van der Waals surface area contributed by atoms with E-state index in [1.54, 1.807) is 0 Å². The summed E-state index contributed by atoms with van der Waals surface area (Å²) in [6.45, 7) is 6.43. The molecule has 4 aliphatic rings. The zero-order valence-corrected chi connectivity index (χ0v) is 21.3. The molecule has 190 valence electrons. The molecule has 2 heterocycles. The minimum Gasteiger partial charge on any atom is -0.387 e. The van der Waals surface area contributed by atoms with E-state index in [9.17, 15) is 9.59 Å². The number of carbonyl (C=O) groups excluding carboxylic acids is 2. The first kappa shape index (κ1) is 24.7. The van der Waals surface area contributed by atoms with Gasteiger partial charge in [-0.1, -0.05) is 38.1 Å². The van der Waals surface area contributed by atoms with Crippen LogP contribution < -0.4 is 11.1 Å². The molecular weight excluding hydrogens is 452 g/mol. The Bertz CT molecular complexity index is 1170. The van der Waals surface area contributed by atoms with Crippen molar-refractivity contribution in [1.82, 2.24) is 4.90 Å². The maximum Gasteiger partial charge on any atom is 0.231 e. The molecule has 2 aliphatic carbocycles. The fourth-order valence-corrected chi connectivity index (χ4v) is 5.52. The number of allylic oxidation sites excluding steroid dienone is 4. The average molecular weight is 489 g/mol. The summed E-state index contributed by atoms with van der Waals surface area (Å²) in [7, 11) is 0. The number of amidine groups is 1. The first-order chi connectivity index (χ1) is 17.5. The number of ether oxygens (including phenoxy) is 1. The van der Waals surface area contributed by atoms with Gasteiger partial charge < -0.3 is 15.8 Å². The Kier molecular flexibility index (Phi) is 7.21. The highest BCUT2D eigenvalue weighted by molar-refractivity contribution is 6.01. The average Bonchev–Trinajstić information content (AvgIpc) is 3.67. The van der Waals surface area contributed by atoms with Crippen molar-refractivity contribution in [2.75, 3.05) is 18.4 Å². The van der Waals surface area contributed by atoms with Crippen LogP contribution in [0.25, 0.3) is 0 Å². The van der Waals surface area contributed by atoms with Gasteiger partial charge in [0.05, 0.1) is 11.6 Å². The Morgan fingerprint density at radius 2 is 2.03 bits per heavy atom. The molecule has 3 N–H and O–H groups in total. The van der Waals surface area contributed by atoms with Crippen LogP contribution in [-0.2, 0) is 16.0 Å². The lowest BCUT2D eigenvalue weighted by Gasteiger charge is -2.20. The van der Waals surface area contributed by atoms with E-state index in [-0.39, 0.29) is 29.9 Å². The third kappa shape index (κ3) is 5.22. The summed E-state index contributed by atoms with van der Waals surface area (Å²) in [6, 6.07) is 5.66. The van der Waals surface area contributed by atoms with E-state index in [1.807, 2.05) is 30.4 Å². The second-order valence-corrected chi connectivity index (χ2v) is 10.2. The Morgan fingerprint density at radius 3 is 2.81 bits per heavy atom. The number of hydrogen-bond acceptors (Lipinski definition) is 6. The van der Waals surface area contributed by atoms with Crippen molar-refractivity contribution in [1.29, 1.82) is 0 Å². The van der Waals surface area contributed by atoms with E-state index in [2.05, 4.69) is 35.1 Å². The molecule has 1 saturated heterocycles. The van der Waals surface area contributed by atoms with Crippen LogP contribution >= 0.6 is 0 Å². The molecule has 0 spiro atoms. The number of aliphatic imine (C=N–C) groups is 1. The first-order valence-corrected chi connectivity index (χ1v) is 13.3. The van der Waals surface area contributed by atoms with Gasteiger partial charge >= 0.3 is 0 Å². The summed E-state index contributed by atoms with van der Waals surface area (Å²) in [5.74, 6) is 0.251. The molecule has 3 atom stereocenters. The van der Waals surface area contributed by atoms with Gasteiger partial charge in [-0.25, -0.2) is 4.99 Å². The van der Waals surface area contributed by atoms with Gasteiger partial charge in [0.1, 0.15) is 18.2 Å². The first-order valence-electron chi connectivity index (χ1n) is 13.3. The van der Waals surface area contributed by atoms with Crippen LogP contribution in [0.3, 0.4) is 0 Å². The van der Waals surface area contributed by atoms with Crippen molar-refractivity contribution in [3.63, 3.8) is 0 Å². The molecule has 3 unspecified atom stereocenters. The van der Waals surface area contributed by atoms with Crippen molar-refractivity contribution in [3.05, 3.63) is 64.4 Å². The number of amides is 1. The van der Waals surface area contributed by atoms with Crippen molar-refractivity contribution < 1.29 is 14.3 Å². The van der Waals surface area contributed by atoms with Gasteiger partial charge in [-0.2, -0.15) is 0 Å². The predicted octanol–water partition coefficient (Wildman–Crippen LogP) is 4.51. The number of aryl methyl sites for hydroxylation is 1. The summed E-state index contributed by atoms with van der Waals surface area (Å²) in [4.78, 5) is 32.5. The monoisotopic (exact) mass is 488 g/mol. The van der Waals surface area contributed by atoms with Gasteiger partial charge in [-0.3, -0.25) is 14.5 Å². The molecule has 0 bridgehead atoms. The van der Waals surface area contributed by atoms with E-state index in [0.29, 0.717) is 30.8 Å². The van der Waals surface area contributed by atoms with Crippen LogP contribution in [0.15, 0.2) is 58.3 Å². The number of ketones is 1. The highest BCUT2D eigenvalue weighted by Gasteiger charge is 2.45. The van der Waals surface area contributed by atoms with E-state index in [0.717, 1.165) is 66.7 Å². The summed E-state index contributed by atoms with van der Waals surface area (Å²) in [5, 5.41) is 3.00. The number of rotatable bonds is 8. The van der Waals surface area contributed by atoms with Crippen molar-refractivity contribution >= 4 is 23.2 Å². The third-order valence-corrected chi connectivity index (χ3v) is 7.34.